The van der Waals surface area contributed by atoms with Crippen LogP contribution < -0.4 is 5.32 Å². The fraction of sp³-hybridized carbons (Fsp3) is 0.286. The summed E-state index contributed by atoms with van der Waals surface area (Å²) in [6.07, 6.45) is 0.737. The van der Waals surface area contributed by atoms with Crippen molar-refractivity contribution in [2.24, 2.45) is 5.92 Å². The Bertz CT molecular complexity index is 603. The number of benzene rings is 1. The van der Waals surface area contributed by atoms with Crippen LogP contribution in [0.3, 0.4) is 0 Å². The van der Waals surface area contributed by atoms with Crippen LogP contribution in [0.5, 0.6) is 0 Å². The average Bonchev–Trinajstić information content (AvgIpc) is 3.10. The highest BCUT2D eigenvalue weighted by molar-refractivity contribution is 5.92. The summed E-state index contributed by atoms with van der Waals surface area (Å²) in [5.41, 5.74) is 1.53. The van der Waals surface area contributed by atoms with Gasteiger partial charge in [-0.15, -0.1) is 0 Å². The van der Waals surface area contributed by atoms with E-state index in [1.807, 2.05) is 0 Å². The Morgan fingerprint density at radius 1 is 1.40 bits per heavy atom. The van der Waals surface area contributed by atoms with Crippen molar-refractivity contribution in [3.05, 3.63) is 36.1 Å². The summed E-state index contributed by atoms with van der Waals surface area (Å²) in [5, 5.41) is 9.60. The molecule has 1 aromatic carbocycles. The first-order valence-electron chi connectivity index (χ1n) is 6.42. The Hall–Kier alpha value is -2.21. The van der Waals surface area contributed by atoms with Crippen molar-refractivity contribution in [2.75, 3.05) is 18.5 Å². The molecule has 1 fully saturated rings. The van der Waals surface area contributed by atoms with Crippen molar-refractivity contribution in [3.63, 3.8) is 0 Å². The zero-order valence-electron chi connectivity index (χ0n) is 10.7. The molecule has 6 heteroatoms. The topological polar surface area (TPSA) is 67.0 Å². The fourth-order valence-corrected chi connectivity index (χ4v) is 2.13. The summed E-state index contributed by atoms with van der Waals surface area (Å²) >= 11 is 0. The number of carbonyl (C=O) groups excluding carboxylic acids is 1. The number of aromatic nitrogens is 2. The van der Waals surface area contributed by atoms with Gasteiger partial charge in [0.1, 0.15) is 5.82 Å². The summed E-state index contributed by atoms with van der Waals surface area (Å²) in [6, 6.07) is 7.79. The van der Waals surface area contributed by atoms with Crippen LogP contribution in [0.2, 0.25) is 0 Å². The lowest BCUT2D eigenvalue weighted by molar-refractivity contribution is -0.119. The van der Waals surface area contributed by atoms with E-state index in [1.165, 1.54) is 12.1 Å². The number of hydrogen-bond acceptors (Lipinski definition) is 3. The van der Waals surface area contributed by atoms with E-state index in [4.69, 9.17) is 4.74 Å². The fourth-order valence-electron chi connectivity index (χ4n) is 2.13. The molecule has 3 rings (SSSR count). The van der Waals surface area contributed by atoms with Crippen molar-refractivity contribution < 1.29 is 13.9 Å². The summed E-state index contributed by atoms with van der Waals surface area (Å²) < 4.78 is 18.0. The Morgan fingerprint density at radius 2 is 2.20 bits per heavy atom. The monoisotopic (exact) mass is 275 g/mol. The lowest BCUT2D eigenvalue weighted by atomic mass is 10.1. The number of hydrogen-bond donors (Lipinski definition) is 2. The first-order chi connectivity index (χ1) is 9.72. The van der Waals surface area contributed by atoms with Crippen LogP contribution in [0.1, 0.15) is 6.42 Å². The largest absolute Gasteiger partial charge is 0.381 e. The molecule has 1 atom stereocenters. The number of nitrogens with one attached hydrogen (secondary N) is 2. The average molecular weight is 275 g/mol. The van der Waals surface area contributed by atoms with Gasteiger partial charge in [-0.2, -0.15) is 5.10 Å². The van der Waals surface area contributed by atoms with E-state index in [1.54, 1.807) is 18.2 Å². The van der Waals surface area contributed by atoms with Crippen LogP contribution in [0.4, 0.5) is 10.2 Å². The number of carbonyl (C=O) groups is 1. The predicted octanol–water partition coefficient (Wildman–Crippen LogP) is 2.19. The maximum atomic E-state index is 12.9. The number of H-pyrrole nitrogens is 1. The second kappa shape index (κ2) is 5.42. The highest BCUT2D eigenvalue weighted by atomic mass is 19.1. The van der Waals surface area contributed by atoms with Gasteiger partial charge < -0.3 is 10.1 Å². The molecular formula is C14H14FN3O2. The minimum absolute atomic E-state index is 0.0837. The third-order valence-electron chi connectivity index (χ3n) is 3.28. The molecule has 0 saturated carbocycles. The molecule has 1 aliphatic heterocycles. The van der Waals surface area contributed by atoms with E-state index < -0.39 is 0 Å². The summed E-state index contributed by atoms with van der Waals surface area (Å²) in [7, 11) is 0. The first kappa shape index (κ1) is 12.8. The van der Waals surface area contributed by atoms with E-state index in [0.29, 0.717) is 19.0 Å². The molecule has 0 aliphatic carbocycles. The zero-order chi connectivity index (χ0) is 13.9. The molecule has 0 spiro atoms. The van der Waals surface area contributed by atoms with Crippen molar-refractivity contribution in [1.82, 2.24) is 10.2 Å². The second-order valence-electron chi connectivity index (χ2n) is 4.72. The van der Waals surface area contributed by atoms with E-state index in [0.717, 1.165) is 17.7 Å². The van der Waals surface area contributed by atoms with Crippen LogP contribution in [0, 0.1) is 11.7 Å². The molecular weight excluding hydrogens is 261 g/mol. The Kier molecular flexibility index (Phi) is 3.47. The molecule has 2 aromatic rings. The van der Waals surface area contributed by atoms with Gasteiger partial charge in [0.05, 0.1) is 18.2 Å². The Balaban J connectivity index is 1.70. The molecule has 1 aromatic heterocycles. The number of amides is 1. The van der Waals surface area contributed by atoms with E-state index in [2.05, 4.69) is 15.5 Å². The van der Waals surface area contributed by atoms with Gasteiger partial charge in [0.2, 0.25) is 5.91 Å². The third kappa shape index (κ3) is 2.70. The molecule has 20 heavy (non-hydrogen) atoms. The minimum Gasteiger partial charge on any atom is -0.381 e. The molecule has 1 amide bonds. The molecule has 0 bridgehead atoms. The van der Waals surface area contributed by atoms with Crippen LogP contribution in [-0.4, -0.2) is 29.3 Å². The SMILES string of the molecule is O=C(Nc1cc(-c2ccc(F)cc2)[nH]n1)C1CCOC1. The van der Waals surface area contributed by atoms with Gasteiger partial charge in [-0.05, 0) is 36.2 Å². The lowest BCUT2D eigenvalue weighted by Gasteiger charge is -2.05. The molecule has 2 N–H and O–H groups in total. The molecule has 104 valence electrons. The van der Waals surface area contributed by atoms with Gasteiger partial charge in [0.25, 0.3) is 0 Å². The highest BCUT2D eigenvalue weighted by Gasteiger charge is 2.24. The summed E-state index contributed by atoms with van der Waals surface area (Å²) in [5.74, 6) is -0.0233. The Labute approximate surface area is 115 Å². The molecule has 1 aliphatic rings. The molecule has 1 unspecified atom stereocenters. The van der Waals surface area contributed by atoms with Crippen molar-refractivity contribution in [3.8, 4) is 11.3 Å². The standard InChI is InChI=1S/C14H14FN3O2/c15-11-3-1-9(2-4-11)12-7-13(18-17-12)16-14(19)10-5-6-20-8-10/h1-4,7,10H,5-6,8H2,(H2,16,17,18,19). The van der Waals surface area contributed by atoms with Crippen molar-refractivity contribution in [2.45, 2.75) is 6.42 Å². The van der Waals surface area contributed by atoms with Crippen LogP contribution in [0.25, 0.3) is 11.3 Å². The maximum Gasteiger partial charge on any atom is 0.231 e. The van der Waals surface area contributed by atoms with Gasteiger partial charge in [0, 0.05) is 12.7 Å². The molecule has 2 heterocycles. The van der Waals surface area contributed by atoms with Gasteiger partial charge in [-0.3, -0.25) is 9.89 Å². The van der Waals surface area contributed by atoms with E-state index >= 15 is 0 Å². The zero-order valence-corrected chi connectivity index (χ0v) is 10.7. The molecule has 5 nitrogen and oxygen atoms in total. The quantitative estimate of drug-likeness (QED) is 0.902. The van der Waals surface area contributed by atoms with E-state index in [-0.39, 0.29) is 17.6 Å². The molecule has 1 saturated heterocycles. The van der Waals surface area contributed by atoms with Gasteiger partial charge >= 0.3 is 0 Å². The number of rotatable bonds is 3. The molecule has 0 radical (unpaired) electrons. The summed E-state index contributed by atoms with van der Waals surface area (Å²) in [6.45, 7) is 1.08. The number of aromatic amines is 1. The van der Waals surface area contributed by atoms with E-state index in [9.17, 15) is 9.18 Å². The van der Waals surface area contributed by atoms with Crippen molar-refractivity contribution >= 4 is 11.7 Å². The van der Waals surface area contributed by atoms with Crippen LogP contribution in [-0.2, 0) is 9.53 Å². The number of nitrogens with zero attached hydrogens (tertiary/aromatic N) is 1. The number of ether oxygens (including phenoxy) is 1. The predicted molar refractivity (Wildman–Crippen MR) is 71.5 cm³/mol. The smallest absolute Gasteiger partial charge is 0.231 e. The number of anilines is 1. The number of halogens is 1. The minimum atomic E-state index is -0.289. The lowest BCUT2D eigenvalue weighted by Crippen LogP contribution is -2.22. The second-order valence-corrected chi connectivity index (χ2v) is 4.72. The van der Waals surface area contributed by atoms with Crippen molar-refractivity contribution in [1.29, 1.82) is 0 Å². The summed E-state index contributed by atoms with van der Waals surface area (Å²) in [4.78, 5) is 11.9. The van der Waals surface area contributed by atoms with Gasteiger partial charge in [-0.1, -0.05) is 0 Å². The third-order valence-corrected chi connectivity index (χ3v) is 3.28. The maximum absolute atomic E-state index is 12.9. The normalized spacial score (nSPS) is 18.1. The Morgan fingerprint density at radius 3 is 2.90 bits per heavy atom. The van der Waals surface area contributed by atoms with Gasteiger partial charge in [-0.25, -0.2) is 4.39 Å². The first-order valence-corrected chi connectivity index (χ1v) is 6.42. The highest BCUT2D eigenvalue weighted by Crippen LogP contribution is 2.21. The van der Waals surface area contributed by atoms with Crippen LogP contribution in [0.15, 0.2) is 30.3 Å². The van der Waals surface area contributed by atoms with Gasteiger partial charge in [0.15, 0.2) is 5.82 Å². The van der Waals surface area contributed by atoms with Crippen LogP contribution >= 0.6 is 0 Å².